The maximum Gasteiger partial charge on any atom is 0.187 e. The second-order valence-electron chi connectivity index (χ2n) is 5.30. The molecule has 2 aromatic heterocycles. The van der Waals surface area contributed by atoms with Gasteiger partial charge >= 0.3 is 0 Å². The molecule has 0 N–H and O–H groups in total. The number of hydrogen-bond acceptors (Lipinski definition) is 4. The first-order chi connectivity index (χ1) is 11.0. The summed E-state index contributed by atoms with van der Waals surface area (Å²) in [6, 6.07) is 5.59. The summed E-state index contributed by atoms with van der Waals surface area (Å²) in [4.78, 5) is 5.36. The molecule has 0 atom stereocenters. The summed E-state index contributed by atoms with van der Waals surface area (Å²) < 4.78 is 25.0. The van der Waals surface area contributed by atoms with Crippen LogP contribution in [0.5, 0.6) is 0 Å². The number of hydrogen-bond donors (Lipinski definition) is 0. The van der Waals surface area contributed by atoms with Crippen molar-refractivity contribution in [2.75, 3.05) is 5.75 Å². The van der Waals surface area contributed by atoms with E-state index in [9.17, 15) is 8.42 Å². The highest BCUT2D eigenvalue weighted by Crippen LogP contribution is 2.30. The van der Waals surface area contributed by atoms with E-state index in [1.165, 1.54) is 11.3 Å². The number of allylic oxidation sites excluding steroid dienone is 5. The summed E-state index contributed by atoms with van der Waals surface area (Å²) >= 11 is 1.25. The smallest absolute Gasteiger partial charge is 0.187 e. The van der Waals surface area contributed by atoms with Crippen LogP contribution in [-0.4, -0.2) is 19.2 Å². The van der Waals surface area contributed by atoms with Crippen molar-refractivity contribution in [2.24, 2.45) is 0 Å². The predicted molar refractivity (Wildman–Crippen MR) is 99.6 cm³/mol. The molecule has 122 valence electrons. The molecule has 2 aromatic rings. The summed E-state index contributed by atoms with van der Waals surface area (Å²) in [6.45, 7) is 7.60. The summed E-state index contributed by atoms with van der Waals surface area (Å²) in [5, 5.41) is 0.878. The third-order valence-corrected chi connectivity index (χ3v) is 6.84. The average molecular weight is 348 g/mol. The molecule has 5 heteroatoms. The van der Waals surface area contributed by atoms with Gasteiger partial charge in [-0.05, 0) is 37.1 Å². The molecule has 0 aliphatic rings. The van der Waals surface area contributed by atoms with Crippen molar-refractivity contribution in [3.63, 3.8) is 0 Å². The van der Waals surface area contributed by atoms with Gasteiger partial charge in [0.2, 0.25) is 0 Å². The molecule has 23 heavy (non-hydrogen) atoms. The van der Waals surface area contributed by atoms with Gasteiger partial charge < -0.3 is 0 Å². The molecule has 0 saturated carbocycles. The molecule has 2 heterocycles. The van der Waals surface area contributed by atoms with Crippen LogP contribution in [0, 0.1) is 0 Å². The number of nitrogens with zero attached hydrogens (tertiary/aromatic N) is 1. The zero-order chi connectivity index (χ0) is 16.9. The minimum Gasteiger partial charge on any atom is -0.237 e. The van der Waals surface area contributed by atoms with Crippen LogP contribution in [-0.2, 0) is 9.84 Å². The third-order valence-electron chi connectivity index (χ3n) is 3.43. The highest BCUT2D eigenvalue weighted by Gasteiger charge is 2.17. The lowest BCUT2D eigenvalue weighted by Gasteiger charge is -1.99. The first-order valence-electron chi connectivity index (χ1n) is 7.57. The van der Waals surface area contributed by atoms with Crippen molar-refractivity contribution in [1.29, 1.82) is 0 Å². The molecular formula is C18H21NO2S2. The van der Waals surface area contributed by atoms with E-state index in [-0.39, 0.29) is 5.75 Å². The van der Waals surface area contributed by atoms with Crippen molar-refractivity contribution in [2.45, 2.75) is 30.9 Å². The number of aromatic nitrogens is 1. The summed E-state index contributed by atoms with van der Waals surface area (Å²) in [5.41, 5.74) is 1.87. The minimum atomic E-state index is -3.19. The zero-order valence-corrected chi connectivity index (χ0v) is 15.1. The minimum absolute atomic E-state index is 0.203. The van der Waals surface area contributed by atoms with Gasteiger partial charge in [-0.15, -0.1) is 11.3 Å². The van der Waals surface area contributed by atoms with E-state index in [4.69, 9.17) is 0 Å². The molecule has 0 aliphatic heterocycles. The Kier molecular flexibility index (Phi) is 5.91. The van der Waals surface area contributed by atoms with Gasteiger partial charge in [-0.2, -0.15) is 0 Å². The van der Waals surface area contributed by atoms with E-state index in [2.05, 4.69) is 11.6 Å². The highest BCUT2D eigenvalue weighted by atomic mass is 32.2. The molecular weight excluding hydrogens is 326 g/mol. The molecule has 0 unspecified atom stereocenters. The van der Waals surface area contributed by atoms with Gasteiger partial charge in [-0.3, -0.25) is 0 Å². The van der Waals surface area contributed by atoms with Crippen LogP contribution in [0.4, 0.5) is 0 Å². The van der Waals surface area contributed by atoms with Crippen molar-refractivity contribution in [3.8, 4) is 0 Å². The summed E-state index contributed by atoms with van der Waals surface area (Å²) in [5.74, 6) is 0.203. The number of pyridine rings is 1. The van der Waals surface area contributed by atoms with Crippen LogP contribution >= 0.6 is 11.3 Å². The first-order valence-corrected chi connectivity index (χ1v) is 10.0. The first kappa shape index (κ1) is 17.6. The lowest BCUT2D eigenvalue weighted by atomic mass is 10.1. The van der Waals surface area contributed by atoms with Crippen molar-refractivity contribution in [1.82, 2.24) is 4.98 Å². The Morgan fingerprint density at radius 3 is 2.83 bits per heavy atom. The van der Waals surface area contributed by atoms with Crippen LogP contribution in [0.3, 0.4) is 0 Å². The SMILES string of the molecule is C=C/C=C\C=C(/C)c1ccc2cc(S(=O)(=O)CCCC)sc2n1. The van der Waals surface area contributed by atoms with Crippen molar-refractivity contribution < 1.29 is 8.42 Å². The fraction of sp³-hybridized carbons (Fsp3) is 0.278. The van der Waals surface area contributed by atoms with Crippen molar-refractivity contribution in [3.05, 3.63) is 54.8 Å². The average Bonchev–Trinajstić information content (AvgIpc) is 2.97. The number of fused-ring (bicyclic) bond motifs is 1. The number of unbranched alkanes of at least 4 members (excludes halogenated alkanes) is 1. The Hall–Kier alpha value is -1.72. The Morgan fingerprint density at radius 1 is 1.35 bits per heavy atom. The van der Waals surface area contributed by atoms with Gasteiger partial charge in [0.1, 0.15) is 9.04 Å². The van der Waals surface area contributed by atoms with E-state index >= 15 is 0 Å². The van der Waals surface area contributed by atoms with Gasteiger partial charge in [-0.1, -0.05) is 44.2 Å². The normalized spacial score (nSPS) is 13.0. The Balaban J connectivity index is 2.36. The number of thiophene rings is 1. The summed E-state index contributed by atoms with van der Waals surface area (Å²) in [7, 11) is -3.19. The lowest BCUT2D eigenvalue weighted by molar-refractivity contribution is 0.594. The molecule has 0 amide bonds. The topological polar surface area (TPSA) is 47.0 Å². The standard InChI is InChI=1S/C18H21NO2S2/c1-4-6-8-9-14(3)16-11-10-15-13-17(22-18(15)19-16)23(20,21)12-7-5-2/h4,6,8-11,13H,1,5,7,12H2,2-3H3/b8-6-,14-9+. The largest absolute Gasteiger partial charge is 0.237 e. The number of rotatable bonds is 7. The maximum absolute atomic E-state index is 12.3. The highest BCUT2D eigenvalue weighted by molar-refractivity contribution is 7.93. The second-order valence-corrected chi connectivity index (χ2v) is 8.67. The molecule has 0 aliphatic carbocycles. The molecule has 0 fully saturated rings. The molecule has 0 spiro atoms. The van der Waals surface area contributed by atoms with E-state index in [0.717, 1.165) is 27.9 Å². The Labute approximate surface area is 142 Å². The van der Waals surface area contributed by atoms with Crippen LogP contribution in [0.1, 0.15) is 32.4 Å². The fourth-order valence-corrected chi connectivity index (χ4v) is 5.00. The van der Waals surface area contributed by atoms with Gasteiger partial charge in [0, 0.05) is 5.39 Å². The van der Waals surface area contributed by atoms with Gasteiger partial charge in [0.05, 0.1) is 11.4 Å². The van der Waals surface area contributed by atoms with Crippen molar-refractivity contribution >= 4 is 37.0 Å². The van der Waals surface area contributed by atoms with E-state index in [0.29, 0.717) is 10.6 Å². The maximum atomic E-state index is 12.3. The zero-order valence-electron chi connectivity index (χ0n) is 13.5. The molecule has 0 radical (unpaired) electrons. The van der Waals surface area contributed by atoms with Crippen LogP contribution < -0.4 is 0 Å². The third kappa shape index (κ3) is 4.39. The van der Waals surface area contributed by atoms with Crippen LogP contribution in [0.25, 0.3) is 15.8 Å². The van der Waals surface area contributed by atoms with Gasteiger partial charge in [0.15, 0.2) is 9.84 Å². The molecule has 0 saturated heterocycles. The monoisotopic (exact) mass is 347 g/mol. The molecule has 0 bridgehead atoms. The molecule has 2 rings (SSSR count). The lowest BCUT2D eigenvalue weighted by Crippen LogP contribution is -2.04. The van der Waals surface area contributed by atoms with E-state index in [1.807, 2.05) is 44.2 Å². The Morgan fingerprint density at radius 2 is 2.13 bits per heavy atom. The van der Waals surface area contributed by atoms with Gasteiger partial charge in [-0.25, -0.2) is 13.4 Å². The second kappa shape index (κ2) is 7.70. The fourth-order valence-electron chi connectivity index (χ4n) is 2.07. The van der Waals surface area contributed by atoms with E-state index in [1.54, 1.807) is 12.1 Å². The van der Waals surface area contributed by atoms with Crippen LogP contribution in [0.15, 0.2) is 53.3 Å². The number of sulfone groups is 1. The van der Waals surface area contributed by atoms with E-state index < -0.39 is 9.84 Å². The van der Waals surface area contributed by atoms with Gasteiger partial charge in [0.25, 0.3) is 0 Å². The molecule has 0 aromatic carbocycles. The quantitative estimate of drug-likeness (QED) is 0.661. The predicted octanol–water partition coefficient (Wildman–Crippen LogP) is 5.02. The molecule has 3 nitrogen and oxygen atoms in total. The van der Waals surface area contributed by atoms with Crippen LogP contribution in [0.2, 0.25) is 0 Å². The summed E-state index contributed by atoms with van der Waals surface area (Å²) in [6.07, 6.45) is 8.99. The Bertz CT molecular complexity index is 858.